The van der Waals surface area contributed by atoms with Crippen LogP contribution in [-0.2, 0) is 17.8 Å². The molecular formula is C17H23N3O2. The minimum absolute atomic E-state index is 0.0232. The first-order valence-electron chi connectivity index (χ1n) is 8.01. The van der Waals surface area contributed by atoms with Crippen LogP contribution in [-0.4, -0.2) is 47.9 Å². The number of fused-ring (bicyclic) bond motifs is 1. The number of carbonyl (C=O) groups is 2. The van der Waals surface area contributed by atoms with Gasteiger partial charge >= 0.3 is 6.03 Å². The monoisotopic (exact) mass is 301 g/mol. The fraction of sp³-hybridized carbons (Fsp3) is 0.529. The van der Waals surface area contributed by atoms with E-state index in [0.717, 1.165) is 25.9 Å². The Morgan fingerprint density at radius 1 is 1.18 bits per heavy atom. The van der Waals surface area contributed by atoms with Crippen molar-refractivity contribution in [2.75, 3.05) is 26.2 Å². The number of nitrogens with one attached hydrogen (secondary N) is 1. The Kier molecular flexibility index (Phi) is 4.32. The number of urea groups is 1. The maximum Gasteiger partial charge on any atom is 0.318 e. The quantitative estimate of drug-likeness (QED) is 0.902. The van der Waals surface area contributed by atoms with Crippen LogP contribution in [0.5, 0.6) is 0 Å². The largest absolute Gasteiger partial charge is 0.341 e. The number of hydrogen-bond donors (Lipinski definition) is 1. The molecule has 118 valence electrons. The molecule has 0 spiro atoms. The summed E-state index contributed by atoms with van der Waals surface area (Å²) in [5.41, 5.74) is 2.51. The average Bonchev–Trinajstić information content (AvgIpc) is 2.98. The van der Waals surface area contributed by atoms with Crippen molar-refractivity contribution >= 4 is 11.9 Å². The molecule has 2 aliphatic rings. The normalized spacial score (nSPS) is 20.7. The van der Waals surface area contributed by atoms with Gasteiger partial charge in [-0.15, -0.1) is 0 Å². The second-order valence-corrected chi connectivity index (χ2v) is 6.33. The lowest BCUT2D eigenvalue weighted by atomic mass is 10.0. The lowest BCUT2D eigenvalue weighted by molar-refractivity contribution is -0.129. The van der Waals surface area contributed by atoms with Gasteiger partial charge in [-0.2, -0.15) is 0 Å². The molecule has 5 heteroatoms. The lowest BCUT2D eigenvalue weighted by Crippen LogP contribution is -2.46. The maximum absolute atomic E-state index is 12.2. The summed E-state index contributed by atoms with van der Waals surface area (Å²) in [5.74, 6) is 0.591. The molecular weight excluding hydrogens is 278 g/mol. The van der Waals surface area contributed by atoms with Crippen LogP contribution in [0.25, 0.3) is 0 Å². The molecule has 0 bridgehead atoms. The summed E-state index contributed by atoms with van der Waals surface area (Å²) < 4.78 is 0. The summed E-state index contributed by atoms with van der Waals surface area (Å²) in [7, 11) is 0. The molecule has 1 unspecified atom stereocenters. The number of hydrogen-bond acceptors (Lipinski definition) is 2. The van der Waals surface area contributed by atoms with E-state index in [4.69, 9.17) is 0 Å². The molecule has 1 saturated heterocycles. The second kappa shape index (κ2) is 6.38. The van der Waals surface area contributed by atoms with Crippen LogP contribution in [0.15, 0.2) is 24.3 Å². The Labute approximate surface area is 131 Å². The van der Waals surface area contributed by atoms with E-state index in [-0.39, 0.29) is 18.5 Å². The van der Waals surface area contributed by atoms with E-state index < -0.39 is 0 Å². The first-order valence-corrected chi connectivity index (χ1v) is 8.01. The number of nitrogens with zero attached hydrogens (tertiary/aromatic N) is 2. The molecule has 22 heavy (non-hydrogen) atoms. The van der Waals surface area contributed by atoms with E-state index in [0.29, 0.717) is 19.0 Å². The zero-order valence-electron chi connectivity index (χ0n) is 13.0. The highest BCUT2D eigenvalue weighted by Gasteiger charge is 2.25. The molecule has 1 aromatic rings. The summed E-state index contributed by atoms with van der Waals surface area (Å²) in [5, 5.41) is 2.77. The average molecular weight is 301 g/mol. The summed E-state index contributed by atoms with van der Waals surface area (Å²) in [6.45, 7) is 5.20. The van der Waals surface area contributed by atoms with Crippen molar-refractivity contribution in [1.29, 1.82) is 0 Å². The van der Waals surface area contributed by atoms with Crippen LogP contribution < -0.4 is 5.32 Å². The van der Waals surface area contributed by atoms with Gasteiger partial charge in [0, 0.05) is 26.2 Å². The highest BCUT2D eigenvalue weighted by Crippen LogP contribution is 2.18. The molecule has 5 nitrogen and oxygen atoms in total. The van der Waals surface area contributed by atoms with Crippen molar-refractivity contribution < 1.29 is 9.59 Å². The predicted molar refractivity (Wildman–Crippen MR) is 84.3 cm³/mol. The molecule has 3 rings (SSSR count). The van der Waals surface area contributed by atoms with E-state index in [1.54, 1.807) is 4.90 Å². The van der Waals surface area contributed by atoms with Gasteiger partial charge in [0.1, 0.15) is 0 Å². The van der Waals surface area contributed by atoms with Gasteiger partial charge in [-0.3, -0.25) is 4.79 Å². The SMILES string of the molecule is CC1CCN(C(=O)CNC(=O)N2CCc3ccccc3C2)C1. The van der Waals surface area contributed by atoms with Crippen LogP contribution in [0.4, 0.5) is 4.79 Å². The Morgan fingerprint density at radius 2 is 1.95 bits per heavy atom. The molecule has 0 saturated carbocycles. The number of amides is 3. The molecule has 0 aromatic heterocycles. The highest BCUT2D eigenvalue weighted by molar-refractivity contribution is 5.84. The fourth-order valence-corrected chi connectivity index (χ4v) is 3.21. The molecule has 1 aromatic carbocycles. The van der Waals surface area contributed by atoms with Gasteiger partial charge in [0.2, 0.25) is 5.91 Å². The maximum atomic E-state index is 12.2. The first-order chi connectivity index (χ1) is 10.6. The van der Waals surface area contributed by atoms with Crippen molar-refractivity contribution in [2.45, 2.75) is 26.3 Å². The smallest absolute Gasteiger partial charge is 0.318 e. The van der Waals surface area contributed by atoms with Crippen molar-refractivity contribution in [3.8, 4) is 0 Å². The Hall–Kier alpha value is -2.04. The van der Waals surface area contributed by atoms with Gasteiger partial charge in [0.05, 0.1) is 6.54 Å². The van der Waals surface area contributed by atoms with Crippen molar-refractivity contribution in [2.24, 2.45) is 5.92 Å². The highest BCUT2D eigenvalue weighted by atomic mass is 16.2. The van der Waals surface area contributed by atoms with Crippen molar-refractivity contribution in [3.63, 3.8) is 0 Å². The van der Waals surface area contributed by atoms with Crippen LogP contribution in [0.2, 0.25) is 0 Å². The second-order valence-electron chi connectivity index (χ2n) is 6.33. The molecule has 0 radical (unpaired) electrons. The van der Waals surface area contributed by atoms with Crippen LogP contribution in [0.3, 0.4) is 0 Å². The van der Waals surface area contributed by atoms with Crippen molar-refractivity contribution in [1.82, 2.24) is 15.1 Å². The molecule has 2 aliphatic heterocycles. The minimum atomic E-state index is -0.143. The molecule has 3 amide bonds. The Morgan fingerprint density at radius 3 is 2.68 bits per heavy atom. The molecule has 1 atom stereocenters. The van der Waals surface area contributed by atoms with E-state index in [1.165, 1.54) is 11.1 Å². The van der Waals surface area contributed by atoms with Crippen LogP contribution in [0.1, 0.15) is 24.5 Å². The van der Waals surface area contributed by atoms with E-state index in [2.05, 4.69) is 24.4 Å². The standard InChI is InChI=1S/C17H23N3O2/c1-13-6-8-19(11-13)16(21)10-18-17(22)20-9-7-14-4-2-3-5-15(14)12-20/h2-5,13H,6-12H2,1H3,(H,18,22). The summed E-state index contributed by atoms with van der Waals surface area (Å²) in [4.78, 5) is 27.9. The summed E-state index contributed by atoms with van der Waals surface area (Å²) in [6.07, 6.45) is 1.93. The van der Waals surface area contributed by atoms with Gasteiger partial charge in [-0.25, -0.2) is 4.79 Å². The van der Waals surface area contributed by atoms with E-state index >= 15 is 0 Å². The number of carbonyl (C=O) groups excluding carboxylic acids is 2. The van der Waals surface area contributed by atoms with Crippen LogP contribution in [0, 0.1) is 5.92 Å². The van der Waals surface area contributed by atoms with Gasteiger partial charge in [0.25, 0.3) is 0 Å². The molecule has 2 heterocycles. The minimum Gasteiger partial charge on any atom is -0.341 e. The third kappa shape index (κ3) is 3.24. The van der Waals surface area contributed by atoms with Gasteiger partial charge in [-0.1, -0.05) is 31.2 Å². The molecule has 0 aliphatic carbocycles. The van der Waals surface area contributed by atoms with Gasteiger partial charge in [-0.05, 0) is 29.9 Å². The third-order valence-corrected chi connectivity index (χ3v) is 4.59. The van der Waals surface area contributed by atoms with Gasteiger partial charge < -0.3 is 15.1 Å². The van der Waals surface area contributed by atoms with Crippen LogP contribution >= 0.6 is 0 Å². The Bertz CT molecular complexity index is 573. The zero-order chi connectivity index (χ0) is 15.5. The predicted octanol–water partition coefficient (Wildman–Crippen LogP) is 1.62. The van der Waals surface area contributed by atoms with E-state index in [1.807, 2.05) is 17.0 Å². The van der Waals surface area contributed by atoms with Crippen molar-refractivity contribution in [3.05, 3.63) is 35.4 Å². The third-order valence-electron chi connectivity index (χ3n) is 4.59. The number of benzene rings is 1. The topological polar surface area (TPSA) is 52.7 Å². The summed E-state index contributed by atoms with van der Waals surface area (Å²) >= 11 is 0. The Balaban J connectivity index is 1.50. The van der Waals surface area contributed by atoms with E-state index in [9.17, 15) is 9.59 Å². The van der Waals surface area contributed by atoms with Gasteiger partial charge in [0.15, 0.2) is 0 Å². The molecule has 1 N–H and O–H groups in total. The number of rotatable bonds is 2. The first kappa shape index (κ1) is 14.9. The fourth-order valence-electron chi connectivity index (χ4n) is 3.21. The molecule has 1 fully saturated rings. The lowest BCUT2D eigenvalue weighted by Gasteiger charge is -2.29. The number of likely N-dealkylation sites (tertiary alicyclic amines) is 1. The zero-order valence-corrected chi connectivity index (χ0v) is 13.0. The summed E-state index contributed by atoms with van der Waals surface area (Å²) in [6, 6.07) is 8.06.